The lowest BCUT2D eigenvalue weighted by Gasteiger charge is -2.24. The fraction of sp³-hybridized carbons (Fsp3) is 0.438. The van der Waals surface area contributed by atoms with E-state index in [0.717, 1.165) is 5.56 Å². The van der Waals surface area contributed by atoms with Crippen LogP contribution in [0.15, 0.2) is 24.3 Å². The van der Waals surface area contributed by atoms with E-state index in [1.807, 2.05) is 0 Å². The number of thioether (sulfide) groups is 1. The number of halogens is 1. The van der Waals surface area contributed by atoms with Crippen LogP contribution >= 0.6 is 23.4 Å². The molecule has 0 aromatic heterocycles. The van der Waals surface area contributed by atoms with E-state index in [4.69, 9.17) is 16.3 Å². The number of amides is 2. The quantitative estimate of drug-likeness (QED) is 0.689. The molecule has 1 heterocycles. The maximum absolute atomic E-state index is 12.5. The van der Waals surface area contributed by atoms with Crippen molar-refractivity contribution < 1.29 is 19.1 Å². The fourth-order valence-electron chi connectivity index (χ4n) is 2.24. The number of hydrogen-bond acceptors (Lipinski definition) is 5. The second-order valence-corrected chi connectivity index (χ2v) is 6.70. The average molecular weight is 371 g/mol. The van der Waals surface area contributed by atoms with Crippen LogP contribution in [0.3, 0.4) is 0 Å². The minimum absolute atomic E-state index is 0.0289. The fourth-order valence-corrected chi connectivity index (χ4v) is 3.19. The summed E-state index contributed by atoms with van der Waals surface area (Å²) in [7, 11) is 0. The predicted molar refractivity (Wildman–Crippen MR) is 92.9 cm³/mol. The minimum atomic E-state index is -0.470. The molecular weight excluding hydrogens is 352 g/mol. The Morgan fingerprint density at radius 3 is 2.62 bits per heavy atom. The lowest BCUT2D eigenvalue weighted by Crippen LogP contribution is -2.42. The number of esters is 1. The van der Waals surface area contributed by atoms with E-state index in [0.29, 0.717) is 17.3 Å². The molecule has 0 N–H and O–H groups in total. The van der Waals surface area contributed by atoms with Gasteiger partial charge in [-0.25, -0.2) is 0 Å². The van der Waals surface area contributed by atoms with Gasteiger partial charge in [0.05, 0.1) is 6.61 Å². The van der Waals surface area contributed by atoms with Gasteiger partial charge in [0.1, 0.15) is 13.1 Å². The summed E-state index contributed by atoms with van der Waals surface area (Å²) in [6, 6.07) is 7.05. The highest BCUT2D eigenvalue weighted by molar-refractivity contribution is 8.13. The molecule has 0 atom stereocenters. The average Bonchev–Trinajstić information content (AvgIpc) is 2.94. The zero-order chi connectivity index (χ0) is 17.5. The van der Waals surface area contributed by atoms with E-state index in [-0.39, 0.29) is 37.4 Å². The smallest absolute Gasteiger partial charge is 0.325 e. The molecule has 0 unspecified atom stereocenters. The van der Waals surface area contributed by atoms with Gasteiger partial charge in [-0.2, -0.15) is 0 Å². The Hall–Kier alpha value is -1.73. The maximum atomic E-state index is 12.5. The van der Waals surface area contributed by atoms with Gasteiger partial charge in [0.2, 0.25) is 5.91 Å². The first kappa shape index (κ1) is 18.6. The van der Waals surface area contributed by atoms with E-state index >= 15 is 0 Å². The summed E-state index contributed by atoms with van der Waals surface area (Å²) in [5.74, 6) is -0.0722. The Bertz CT molecular complexity index is 609. The largest absolute Gasteiger partial charge is 0.465 e. The molecule has 130 valence electrons. The third kappa shape index (κ3) is 5.42. The van der Waals surface area contributed by atoms with Crippen LogP contribution in [-0.2, 0) is 20.9 Å². The van der Waals surface area contributed by atoms with E-state index in [9.17, 15) is 14.4 Å². The summed E-state index contributed by atoms with van der Waals surface area (Å²) in [6.07, 6.45) is 0. The Labute approximate surface area is 150 Å². The number of nitrogens with zero attached hydrogens (tertiary/aromatic N) is 2. The van der Waals surface area contributed by atoms with Crippen molar-refractivity contribution in [3.8, 4) is 0 Å². The molecule has 1 aromatic rings. The van der Waals surface area contributed by atoms with Gasteiger partial charge in [0, 0.05) is 23.9 Å². The summed E-state index contributed by atoms with van der Waals surface area (Å²) < 4.78 is 4.93. The van der Waals surface area contributed by atoms with Crippen LogP contribution in [0.1, 0.15) is 12.5 Å². The molecule has 1 saturated heterocycles. The Kier molecular flexibility index (Phi) is 6.93. The molecule has 6 nitrogen and oxygen atoms in total. The summed E-state index contributed by atoms with van der Waals surface area (Å²) in [6.45, 7) is 2.59. The summed E-state index contributed by atoms with van der Waals surface area (Å²) in [5.41, 5.74) is 0.846. The number of carbonyl (C=O) groups is 3. The van der Waals surface area contributed by atoms with Gasteiger partial charge in [-0.15, -0.1) is 0 Å². The van der Waals surface area contributed by atoms with Crippen molar-refractivity contribution in [1.29, 1.82) is 0 Å². The Morgan fingerprint density at radius 1 is 1.33 bits per heavy atom. The first-order chi connectivity index (χ1) is 11.5. The molecule has 0 saturated carbocycles. The van der Waals surface area contributed by atoms with E-state index < -0.39 is 5.97 Å². The molecule has 1 aromatic carbocycles. The van der Waals surface area contributed by atoms with Gasteiger partial charge >= 0.3 is 5.97 Å². The topological polar surface area (TPSA) is 66.9 Å². The molecule has 8 heteroatoms. The third-order valence-electron chi connectivity index (χ3n) is 3.44. The van der Waals surface area contributed by atoms with Crippen molar-refractivity contribution in [2.24, 2.45) is 0 Å². The second kappa shape index (κ2) is 8.94. The number of rotatable bonds is 7. The highest BCUT2D eigenvalue weighted by atomic mass is 35.5. The van der Waals surface area contributed by atoms with Crippen molar-refractivity contribution in [2.75, 3.05) is 32.0 Å². The Balaban J connectivity index is 2.05. The van der Waals surface area contributed by atoms with Crippen LogP contribution in [-0.4, -0.2) is 58.9 Å². The van der Waals surface area contributed by atoms with Crippen LogP contribution in [0, 0.1) is 0 Å². The van der Waals surface area contributed by atoms with Gasteiger partial charge in [0.15, 0.2) is 0 Å². The van der Waals surface area contributed by atoms with E-state index in [1.54, 1.807) is 31.2 Å². The van der Waals surface area contributed by atoms with Crippen molar-refractivity contribution in [1.82, 2.24) is 9.80 Å². The third-order valence-corrected chi connectivity index (χ3v) is 4.58. The van der Waals surface area contributed by atoms with Crippen LogP contribution < -0.4 is 0 Å². The van der Waals surface area contributed by atoms with Crippen molar-refractivity contribution in [3.05, 3.63) is 34.9 Å². The first-order valence-electron chi connectivity index (χ1n) is 7.59. The van der Waals surface area contributed by atoms with Gasteiger partial charge in [-0.3, -0.25) is 14.4 Å². The van der Waals surface area contributed by atoms with E-state index in [1.165, 1.54) is 21.6 Å². The molecule has 1 aliphatic rings. The van der Waals surface area contributed by atoms with Crippen molar-refractivity contribution >= 4 is 40.5 Å². The number of benzene rings is 1. The molecule has 2 amide bonds. The maximum Gasteiger partial charge on any atom is 0.325 e. The first-order valence-corrected chi connectivity index (χ1v) is 8.95. The van der Waals surface area contributed by atoms with Gasteiger partial charge in [-0.05, 0) is 24.6 Å². The molecule has 2 rings (SSSR count). The monoisotopic (exact) mass is 370 g/mol. The highest BCUT2D eigenvalue weighted by Gasteiger charge is 2.26. The second-order valence-electron chi connectivity index (χ2n) is 5.22. The number of carbonyl (C=O) groups excluding carboxylic acids is 3. The highest BCUT2D eigenvalue weighted by Crippen LogP contribution is 2.18. The zero-order valence-corrected chi connectivity index (χ0v) is 14.9. The summed E-state index contributed by atoms with van der Waals surface area (Å²) in [5, 5.41) is 0.493. The normalized spacial score (nSPS) is 13.9. The van der Waals surface area contributed by atoms with Gasteiger partial charge in [0.25, 0.3) is 5.24 Å². The predicted octanol–water partition coefficient (Wildman–Crippen LogP) is 2.40. The summed E-state index contributed by atoms with van der Waals surface area (Å²) >= 11 is 7.06. The zero-order valence-electron chi connectivity index (χ0n) is 13.4. The molecule has 0 radical (unpaired) electrons. The van der Waals surface area contributed by atoms with Gasteiger partial charge < -0.3 is 14.5 Å². The van der Waals surface area contributed by atoms with Crippen LogP contribution in [0.4, 0.5) is 4.79 Å². The number of hydrogen-bond donors (Lipinski definition) is 0. The number of ether oxygens (including phenoxy) is 1. The lowest BCUT2D eigenvalue weighted by molar-refractivity contribution is -0.149. The molecule has 24 heavy (non-hydrogen) atoms. The molecule has 0 aliphatic carbocycles. The minimum Gasteiger partial charge on any atom is -0.465 e. The standard InChI is InChI=1S/C16H19ClN2O4S/c1-2-23-15(21)11-19(9-12-3-5-13(17)6-4-12)14(20)10-18-7-8-24-16(18)22/h3-6H,2,7-11H2,1H3. The van der Waals surface area contributed by atoms with E-state index in [2.05, 4.69) is 0 Å². The molecule has 1 fully saturated rings. The molecule has 0 bridgehead atoms. The SMILES string of the molecule is CCOC(=O)CN(Cc1ccc(Cl)cc1)C(=O)CN1CCSC1=O. The van der Waals surface area contributed by atoms with Crippen LogP contribution in [0.25, 0.3) is 0 Å². The van der Waals surface area contributed by atoms with Gasteiger partial charge in [-0.1, -0.05) is 35.5 Å². The lowest BCUT2D eigenvalue weighted by atomic mass is 10.2. The molecule has 1 aliphatic heterocycles. The van der Waals surface area contributed by atoms with Crippen LogP contribution in [0.2, 0.25) is 5.02 Å². The Morgan fingerprint density at radius 2 is 2.04 bits per heavy atom. The molecular formula is C16H19ClN2O4S. The van der Waals surface area contributed by atoms with Crippen molar-refractivity contribution in [2.45, 2.75) is 13.5 Å². The van der Waals surface area contributed by atoms with Crippen LogP contribution in [0.5, 0.6) is 0 Å². The summed E-state index contributed by atoms with van der Waals surface area (Å²) in [4.78, 5) is 38.9. The van der Waals surface area contributed by atoms with Crippen molar-refractivity contribution in [3.63, 3.8) is 0 Å². The molecule has 0 spiro atoms.